The third kappa shape index (κ3) is 49.4. The first-order valence-electron chi connectivity index (χ1n) is 28.0. The molecule has 1 unspecified atom stereocenters. The van der Waals surface area contributed by atoms with Crippen molar-refractivity contribution < 1.29 is 28.6 Å². The quantitative estimate of drug-likeness (QED) is 0.0344. The van der Waals surface area contributed by atoms with Gasteiger partial charge < -0.3 is 14.2 Å². The van der Waals surface area contributed by atoms with Gasteiger partial charge in [-0.3, -0.25) is 14.4 Å². The van der Waals surface area contributed by atoms with Crippen molar-refractivity contribution in [2.75, 3.05) is 13.2 Å². The minimum atomic E-state index is -0.758. The zero-order valence-corrected chi connectivity index (χ0v) is 42.2. The van der Waals surface area contributed by atoms with Gasteiger partial charge in [0.15, 0.2) is 6.10 Å². The fourth-order valence-corrected chi connectivity index (χ4v) is 8.62. The predicted molar refractivity (Wildman–Crippen MR) is 266 cm³/mol. The number of carbonyl (C=O) groups excluding carboxylic acids is 3. The Balaban J connectivity index is 4.01. The molecule has 0 aromatic rings. The molecule has 0 radical (unpaired) electrons. The Morgan fingerprint density at radius 2 is 0.435 bits per heavy atom. The highest BCUT2D eigenvalue weighted by Crippen LogP contribution is 2.18. The van der Waals surface area contributed by atoms with E-state index in [2.05, 4.69) is 20.8 Å². The average molecular weight is 877 g/mol. The summed E-state index contributed by atoms with van der Waals surface area (Å²) >= 11 is 0. The van der Waals surface area contributed by atoms with Gasteiger partial charge in [-0.05, 0) is 19.3 Å². The maximum absolute atomic E-state index is 12.7. The Kier molecular flexibility index (Phi) is 50.7. The van der Waals surface area contributed by atoms with E-state index in [1.165, 1.54) is 218 Å². The van der Waals surface area contributed by atoms with Crippen LogP contribution in [0.5, 0.6) is 0 Å². The summed E-state index contributed by atoms with van der Waals surface area (Å²) in [5.74, 6) is -0.854. The zero-order valence-electron chi connectivity index (χ0n) is 42.2. The van der Waals surface area contributed by atoms with Gasteiger partial charge in [-0.25, -0.2) is 0 Å². The summed E-state index contributed by atoms with van der Waals surface area (Å²) in [4.78, 5) is 37.7. The van der Waals surface area contributed by atoms with Gasteiger partial charge in [0.25, 0.3) is 0 Å². The van der Waals surface area contributed by atoms with Gasteiger partial charge in [-0.15, -0.1) is 0 Å². The fraction of sp³-hybridized carbons (Fsp3) is 0.946. The zero-order chi connectivity index (χ0) is 45.1. The molecular formula is C56H108O6. The maximum atomic E-state index is 12.7. The highest BCUT2D eigenvalue weighted by atomic mass is 16.6. The van der Waals surface area contributed by atoms with Crippen LogP contribution >= 0.6 is 0 Å². The molecule has 0 N–H and O–H groups in total. The van der Waals surface area contributed by atoms with E-state index in [4.69, 9.17) is 14.2 Å². The fourth-order valence-electron chi connectivity index (χ4n) is 8.62. The summed E-state index contributed by atoms with van der Waals surface area (Å²) < 4.78 is 16.7. The van der Waals surface area contributed by atoms with E-state index in [-0.39, 0.29) is 31.1 Å². The van der Waals surface area contributed by atoms with Crippen molar-refractivity contribution in [3.05, 3.63) is 0 Å². The van der Waals surface area contributed by atoms with Crippen LogP contribution in [0.3, 0.4) is 0 Å². The van der Waals surface area contributed by atoms with Crippen LogP contribution in [-0.2, 0) is 28.6 Å². The van der Waals surface area contributed by atoms with Crippen LogP contribution in [0, 0.1) is 0 Å². The van der Waals surface area contributed by atoms with Crippen molar-refractivity contribution in [1.82, 2.24) is 0 Å². The molecule has 0 aliphatic carbocycles. The molecule has 0 heterocycles. The molecule has 0 aliphatic heterocycles. The molecular weight excluding hydrogens is 769 g/mol. The Hall–Kier alpha value is -1.59. The monoisotopic (exact) mass is 877 g/mol. The minimum absolute atomic E-state index is 0.0628. The molecule has 0 fully saturated rings. The molecule has 0 saturated heterocycles. The lowest BCUT2D eigenvalue weighted by molar-refractivity contribution is -0.167. The SMILES string of the molecule is CCCCCCCCCCCCCCCCCCCCCCCCCC(=O)OCC(COC(=O)CCCCCCC)OC(=O)CCCCCCCCCCCCCCCCCC. The summed E-state index contributed by atoms with van der Waals surface area (Å²) in [6.07, 6.45) is 57.1. The first kappa shape index (κ1) is 60.4. The molecule has 0 aromatic carbocycles. The number of ether oxygens (including phenoxy) is 3. The number of esters is 3. The Morgan fingerprint density at radius 3 is 0.645 bits per heavy atom. The molecule has 0 amide bonds. The molecule has 0 bridgehead atoms. The van der Waals surface area contributed by atoms with Gasteiger partial charge in [0.05, 0.1) is 0 Å². The molecule has 6 nitrogen and oxygen atoms in total. The molecule has 0 rings (SSSR count). The number of hydrogen-bond donors (Lipinski definition) is 0. The lowest BCUT2D eigenvalue weighted by Gasteiger charge is -2.18. The number of carbonyl (C=O) groups is 3. The lowest BCUT2D eigenvalue weighted by atomic mass is 10.0. The number of hydrogen-bond acceptors (Lipinski definition) is 6. The van der Waals surface area contributed by atoms with E-state index in [9.17, 15) is 14.4 Å². The van der Waals surface area contributed by atoms with Crippen LogP contribution in [0.1, 0.15) is 323 Å². The van der Waals surface area contributed by atoms with Crippen LogP contribution in [0.4, 0.5) is 0 Å². The third-order valence-electron chi connectivity index (χ3n) is 12.9. The standard InChI is InChI=1S/C56H108O6/c1-4-7-10-13-15-17-19-21-23-25-26-27-28-29-30-31-33-34-36-38-40-43-46-49-55(58)61-52-53(51-60-54(57)48-45-42-12-9-6-3)62-56(59)50-47-44-41-39-37-35-32-24-22-20-18-16-14-11-8-5-2/h53H,4-52H2,1-3H3. The molecule has 368 valence electrons. The molecule has 0 aromatic heterocycles. The molecule has 0 saturated carbocycles. The molecule has 0 spiro atoms. The summed E-state index contributed by atoms with van der Waals surface area (Å²) in [7, 11) is 0. The van der Waals surface area contributed by atoms with Gasteiger partial charge in [-0.2, -0.15) is 0 Å². The average Bonchev–Trinajstić information content (AvgIpc) is 3.27. The van der Waals surface area contributed by atoms with Crippen molar-refractivity contribution in [1.29, 1.82) is 0 Å². The van der Waals surface area contributed by atoms with Crippen molar-refractivity contribution in [3.8, 4) is 0 Å². The molecule has 0 aliphatic rings. The second-order valence-electron chi connectivity index (χ2n) is 19.2. The smallest absolute Gasteiger partial charge is 0.306 e. The third-order valence-corrected chi connectivity index (χ3v) is 12.9. The van der Waals surface area contributed by atoms with Crippen LogP contribution in [0.2, 0.25) is 0 Å². The molecule has 62 heavy (non-hydrogen) atoms. The summed E-state index contributed by atoms with van der Waals surface area (Å²) in [5, 5.41) is 0. The van der Waals surface area contributed by atoms with Gasteiger partial charge in [0.2, 0.25) is 0 Å². The Morgan fingerprint density at radius 1 is 0.258 bits per heavy atom. The predicted octanol–water partition coefficient (Wildman–Crippen LogP) is 18.4. The van der Waals surface area contributed by atoms with E-state index in [0.717, 1.165) is 64.2 Å². The largest absolute Gasteiger partial charge is 0.462 e. The molecule has 1 atom stereocenters. The van der Waals surface area contributed by atoms with E-state index in [1.54, 1.807) is 0 Å². The summed E-state index contributed by atoms with van der Waals surface area (Å²) in [5.41, 5.74) is 0. The normalized spacial score (nSPS) is 11.9. The van der Waals surface area contributed by atoms with Crippen LogP contribution in [0.15, 0.2) is 0 Å². The van der Waals surface area contributed by atoms with Crippen molar-refractivity contribution in [2.24, 2.45) is 0 Å². The van der Waals surface area contributed by atoms with Crippen molar-refractivity contribution >= 4 is 17.9 Å². The van der Waals surface area contributed by atoms with Gasteiger partial charge in [0.1, 0.15) is 13.2 Å². The van der Waals surface area contributed by atoms with E-state index < -0.39 is 6.10 Å². The van der Waals surface area contributed by atoms with E-state index >= 15 is 0 Å². The highest BCUT2D eigenvalue weighted by molar-refractivity contribution is 5.71. The van der Waals surface area contributed by atoms with E-state index in [1.807, 2.05) is 0 Å². The number of unbranched alkanes of at least 4 members (excludes halogenated alkanes) is 41. The van der Waals surface area contributed by atoms with Crippen molar-refractivity contribution in [3.63, 3.8) is 0 Å². The van der Waals surface area contributed by atoms with Gasteiger partial charge in [0, 0.05) is 19.3 Å². The van der Waals surface area contributed by atoms with Crippen LogP contribution < -0.4 is 0 Å². The van der Waals surface area contributed by atoms with Crippen LogP contribution in [0.25, 0.3) is 0 Å². The van der Waals surface area contributed by atoms with Crippen molar-refractivity contribution in [2.45, 2.75) is 329 Å². The summed E-state index contributed by atoms with van der Waals surface area (Å²) in [6, 6.07) is 0. The first-order valence-corrected chi connectivity index (χ1v) is 28.0. The Bertz CT molecular complexity index is 920. The van der Waals surface area contributed by atoms with Gasteiger partial charge in [-0.1, -0.05) is 284 Å². The minimum Gasteiger partial charge on any atom is -0.462 e. The second kappa shape index (κ2) is 52.0. The van der Waals surface area contributed by atoms with Gasteiger partial charge >= 0.3 is 17.9 Å². The van der Waals surface area contributed by atoms with E-state index in [0.29, 0.717) is 19.3 Å². The highest BCUT2D eigenvalue weighted by Gasteiger charge is 2.19. The molecule has 6 heteroatoms. The first-order chi connectivity index (χ1) is 30.5. The maximum Gasteiger partial charge on any atom is 0.306 e. The summed E-state index contributed by atoms with van der Waals surface area (Å²) in [6.45, 7) is 6.62. The second-order valence-corrected chi connectivity index (χ2v) is 19.2. The Labute approximate surface area is 387 Å². The lowest BCUT2D eigenvalue weighted by Crippen LogP contribution is -2.30. The topological polar surface area (TPSA) is 78.9 Å². The van der Waals surface area contributed by atoms with Crippen LogP contribution in [-0.4, -0.2) is 37.2 Å². The number of rotatable bonds is 52.